The molecule has 0 amide bonds. The van der Waals surface area contributed by atoms with E-state index in [0.717, 1.165) is 0 Å². The molecule has 0 unspecified atom stereocenters. The van der Waals surface area contributed by atoms with E-state index in [1.54, 1.807) is 0 Å². The highest BCUT2D eigenvalue weighted by Gasteiger charge is 2.17. The van der Waals surface area contributed by atoms with Gasteiger partial charge in [0.1, 0.15) is 0 Å². The van der Waals surface area contributed by atoms with Crippen molar-refractivity contribution in [3.05, 3.63) is 29.1 Å². The molecule has 1 aromatic heterocycles. The van der Waals surface area contributed by atoms with Crippen molar-refractivity contribution in [2.24, 2.45) is 5.73 Å². The van der Waals surface area contributed by atoms with E-state index < -0.39 is 23.9 Å². The zero-order chi connectivity index (χ0) is 10.0. The molecule has 13 heavy (non-hydrogen) atoms. The summed E-state index contributed by atoms with van der Waals surface area (Å²) in [7, 11) is 0. The Bertz CT molecular complexity index is 314. The van der Waals surface area contributed by atoms with Gasteiger partial charge < -0.3 is 5.73 Å². The molecule has 0 bridgehead atoms. The van der Waals surface area contributed by atoms with Gasteiger partial charge >= 0.3 is 0 Å². The largest absolute Gasteiger partial charge is 0.326 e. The monoisotopic (exact) mass is 194 g/mol. The van der Waals surface area contributed by atoms with Gasteiger partial charge in [-0.3, -0.25) is 0 Å². The average molecular weight is 194 g/mol. The number of hydrogen-bond donors (Lipinski definition) is 1. The summed E-state index contributed by atoms with van der Waals surface area (Å²) in [6, 6.07) is 0.683. The minimum absolute atomic E-state index is 0.225. The highest BCUT2D eigenvalue weighted by atomic mass is 19.3. The molecule has 0 aliphatic heterocycles. The Labute approximate surface area is 71.4 Å². The quantitative estimate of drug-likeness (QED) is 0.575. The molecule has 0 spiro atoms. The second-order valence-corrected chi connectivity index (χ2v) is 2.32. The minimum atomic E-state index is -3.02. The lowest BCUT2D eigenvalue weighted by atomic mass is 10.2. The molecule has 0 saturated heterocycles. The second kappa shape index (κ2) is 3.69. The van der Waals surface area contributed by atoms with Crippen LogP contribution in [0.3, 0.4) is 0 Å². The second-order valence-electron chi connectivity index (χ2n) is 2.32. The molecule has 0 radical (unpaired) electrons. The van der Waals surface area contributed by atoms with Gasteiger partial charge in [0.15, 0.2) is 0 Å². The minimum Gasteiger partial charge on any atom is -0.326 e. The number of rotatable bonds is 2. The molecule has 72 valence electrons. The number of aromatic nitrogens is 1. The van der Waals surface area contributed by atoms with Crippen LogP contribution in [0.5, 0.6) is 0 Å². The number of nitrogens with two attached hydrogens (primary N) is 1. The summed E-state index contributed by atoms with van der Waals surface area (Å²) < 4.78 is 49.2. The Morgan fingerprint density at radius 2 is 1.92 bits per heavy atom. The van der Waals surface area contributed by atoms with Crippen LogP contribution in [0, 0.1) is 11.9 Å². The summed E-state index contributed by atoms with van der Waals surface area (Å²) in [4.78, 5) is 2.67. The van der Waals surface area contributed by atoms with E-state index in [0.29, 0.717) is 6.07 Å². The number of pyridine rings is 1. The van der Waals surface area contributed by atoms with Gasteiger partial charge in [-0.25, -0.2) is 8.78 Å². The SMILES string of the molecule is NCc1cc(C(F)F)c(F)nc1F. The van der Waals surface area contributed by atoms with Crippen molar-refractivity contribution in [3.8, 4) is 0 Å². The maximum atomic E-state index is 12.6. The smallest absolute Gasteiger partial charge is 0.268 e. The summed E-state index contributed by atoms with van der Waals surface area (Å²) in [6.07, 6.45) is -3.02. The molecule has 0 fully saturated rings. The van der Waals surface area contributed by atoms with Crippen molar-refractivity contribution in [1.82, 2.24) is 4.98 Å². The molecule has 0 aliphatic rings. The normalized spacial score (nSPS) is 10.9. The first-order valence-corrected chi connectivity index (χ1v) is 3.39. The lowest BCUT2D eigenvalue weighted by molar-refractivity contribution is 0.144. The standard InChI is InChI=1S/C7H6F4N2/c8-5(9)4-1-3(2-12)6(10)13-7(4)11/h1,5H,2,12H2. The predicted octanol–water partition coefficient (Wildman–Crippen LogP) is 1.76. The van der Waals surface area contributed by atoms with Gasteiger partial charge in [-0.15, -0.1) is 0 Å². The van der Waals surface area contributed by atoms with Crippen LogP contribution in [-0.2, 0) is 6.54 Å². The molecule has 1 aromatic rings. The summed E-state index contributed by atoms with van der Waals surface area (Å²) >= 11 is 0. The fourth-order valence-corrected chi connectivity index (χ4v) is 0.826. The van der Waals surface area contributed by atoms with E-state index in [4.69, 9.17) is 5.73 Å². The van der Waals surface area contributed by atoms with Crippen molar-refractivity contribution in [3.63, 3.8) is 0 Å². The van der Waals surface area contributed by atoms with Crippen LogP contribution in [0.2, 0.25) is 0 Å². The topological polar surface area (TPSA) is 38.9 Å². The van der Waals surface area contributed by atoms with Crippen LogP contribution < -0.4 is 5.73 Å². The Morgan fingerprint density at radius 3 is 2.38 bits per heavy atom. The zero-order valence-corrected chi connectivity index (χ0v) is 6.40. The van der Waals surface area contributed by atoms with E-state index >= 15 is 0 Å². The van der Waals surface area contributed by atoms with E-state index in [-0.39, 0.29) is 12.1 Å². The van der Waals surface area contributed by atoms with E-state index in [1.807, 2.05) is 0 Å². The number of hydrogen-bond acceptors (Lipinski definition) is 2. The number of halogens is 4. The van der Waals surface area contributed by atoms with Crippen molar-refractivity contribution >= 4 is 0 Å². The number of alkyl halides is 2. The van der Waals surface area contributed by atoms with Gasteiger partial charge in [0.25, 0.3) is 6.43 Å². The highest BCUT2D eigenvalue weighted by Crippen LogP contribution is 2.22. The number of nitrogens with zero attached hydrogens (tertiary/aromatic N) is 1. The molecular weight excluding hydrogens is 188 g/mol. The maximum absolute atomic E-state index is 12.6. The van der Waals surface area contributed by atoms with E-state index in [1.165, 1.54) is 0 Å². The van der Waals surface area contributed by atoms with Gasteiger partial charge in [0.2, 0.25) is 11.9 Å². The molecule has 2 nitrogen and oxygen atoms in total. The van der Waals surface area contributed by atoms with Crippen LogP contribution in [0.25, 0.3) is 0 Å². The Balaban J connectivity index is 3.22. The fraction of sp³-hybridized carbons (Fsp3) is 0.286. The third-order valence-electron chi connectivity index (χ3n) is 1.48. The molecule has 0 saturated carbocycles. The molecule has 0 aromatic carbocycles. The fourth-order valence-electron chi connectivity index (χ4n) is 0.826. The van der Waals surface area contributed by atoms with E-state index in [9.17, 15) is 17.6 Å². The molecule has 2 N–H and O–H groups in total. The summed E-state index contributed by atoms with van der Waals surface area (Å²) in [6.45, 7) is -0.293. The molecule has 6 heteroatoms. The van der Waals surface area contributed by atoms with Crippen molar-refractivity contribution in [2.45, 2.75) is 13.0 Å². The van der Waals surface area contributed by atoms with Gasteiger partial charge in [-0.2, -0.15) is 13.8 Å². The molecular formula is C7H6F4N2. The molecule has 0 atom stereocenters. The molecule has 1 heterocycles. The summed E-state index contributed by atoms with van der Waals surface area (Å²) in [5.41, 5.74) is 3.87. The Hall–Kier alpha value is -1.17. The first kappa shape index (κ1) is 9.91. The Kier molecular flexibility index (Phi) is 2.82. The van der Waals surface area contributed by atoms with Crippen LogP contribution >= 0.6 is 0 Å². The molecule has 0 aliphatic carbocycles. The first-order chi connectivity index (χ1) is 6.06. The van der Waals surface area contributed by atoms with Crippen LogP contribution in [0.4, 0.5) is 17.6 Å². The van der Waals surface area contributed by atoms with Gasteiger partial charge in [-0.1, -0.05) is 0 Å². The van der Waals surface area contributed by atoms with Gasteiger partial charge in [0.05, 0.1) is 5.56 Å². The third kappa shape index (κ3) is 1.95. The predicted molar refractivity (Wildman–Crippen MR) is 37.0 cm³/mol. The average Bonchev–Trinajstić information content (AvgIpc) is 2.03. The van der Waals surface area contributed by atoms with Crippen LogP contribution in [-0.4, -0.2) is 4.98 Å². The third-order valence-corrected chi connectivity index (χ3v) is 1.48. The first-order valence-electron chi connectivity index (χ1n) is 3.39. The van der Waals surface area contributed by atoms with Crippen molar-refractivity contribution in [2.75, 3.05) is 0 Å². The lowest BCUT2D eigenvalue weighted by Gasteiger charge is -2.04. The Morgan fingerprint density at radius 1 is 1.31 bits per heavy atom. The van der Waals surface area contributed by atoms with Gasteiger partial charge in [0, 0.05) is 12.1 Å². The van der Waals surface area contributed by atoms with Crippen LogP contribution in [0.15, 0.2) is 6.07 Å². The van der Waals surface area contributed by atoms with Gasteiger partial charge in [-0.05, 0) is 6.07 Å². The lowest BCUT2D eigenvalue weighted by Crippen LogP contribution is -2.06. The summed E-state index contributed by atoms with van der Waals surface area (Å²) in [5.74, 6) is -2.64. The maximum Gasteiger partial charge on any atom is 0.268 e. The van der Waals surface area contributed by atoms with Crippen molar-refractivity contribution < 1.29 is 17.6 Å². The molecule has 1 rings (SSSR count). The van der Waals surface area contributed by atoms with Crippen molar-refractivity contribution in [1.29, 1.82) is 0 Å². The van der Waals surface area contributed by atoms with Crippen LogP contribution in [0.1, 0.15) is 17.6 Å². The highest BCUT2D eigenvalue weighted by molar-refractivity contribution is 5.21. The summed E-state index contributed by atoms with van der Waals surface area (Å²) in [5, 5.41) is 0. The zero-order valence-electron chi connectivity index (χ0n) is 6.40. The van der Waals surface area contributed by atoms with E-state index in [2.05, 4.69) is 4.98 Å².